The van der Waals surface area contributed by atoms with E-state index in [1.54, 1.807) is 18.3 Å². The van der Waals surface area contributed by atoms with Gasteiger partial charge < -0.3 is 5.32 Å². The number of carbonyl (C=O) groups is 1. The van der Waals surface area contributed by atoms with Crippen LogP contribution in [0.4, 0.5) is 0 Å². The molecule has 0 aliphatic heterocycles. The van der Waals surface area contributed by atoms with Crippen LogP contribution in [0.25, 0.3) is 0 Å². The second kappa shape index (κ2) is 6.76. The molecule has 1 aromatic heterocycles. The Morgan fingerprint density at radius 2 is 2.50 bits per heavy atom. The van der Waals surface area contributed by atoms with Gasteiger partial charge in [0.2, 0.25) is 5.91 Å². The second-order valence-corrected chi connectivity index (χ2v) is 4.01. The lowest BCUT2D eigenvalue weighted by Gasteiger charge is -2.10. The highest BCUT2D eigenvalue weighted by molar-refractivity contribution is 7.07. The predicted molar refractivity (Wildman–Crippen MR) is 61.8 cm³/mol. The average Bonchev–Trinajstić information content (AvgIpc) is 2.78. The van der Waals surface area contributed by atoms with Gasteiger partial charge in [0.15, 0.2) is 0 Å². The van der Waals surface area contributed by atoms with Crippen molar-refractivity contribution in [3.8, 4) is 0 Å². The molecule has 0 saturated heterocycles. The zero-order chi connectivity index (χ0) is 11.8. The van der Waals surface area contributed by atoms with Crippen LogP contribution in [0.3, 0.4) is 0 Å². The largest absolute Gasteiger partial charge is 0.354 e. The summed E-state index contributed by atoms with van der Waals surface area (Å²) in [5.41, 5.74) is 3.57. The van der Waals surface area contributed by atoms with Crippen molar-refractivity contribution in [3.63, 3.8) is 0 Å². The van der Waals surface area contributed by atoms with Crippen LogP contribution in [0.15, 0.2) is 21.9 Å². The first kappa shape index (κ1) is 12.4. The van der Waals surface area contributed by atoms with E-state index in [-0.39, 0.29) is 5.91 Å². The van der Waals surface area contributed by atoms with Crippen LogP contribution in [0, 0.1) is 0 Å². The van der Waals surface area contributed by atoms with Gasteiger partial charge in [0.05, 0.1) is 0 Å². The van der Waals surface area contributed by atoms with E-state index in [9.17, 15) is 9.59 Å². The van der Waals surface area contributed by atoms with Crippen molar-refractivity contribution in [3.05, 3.63) is 22.4 Å². The molecular weight excluding hydrogens is 226 g/mol. The summed E-state index contributed by atoms with van der Waals surface area (Å²) < 4.78 is 0. The van der Waals surface area contributed by atoms with Crippen LogP contribution >= 0.6 is 11.3 Å². The molecule has 1 heterocycles. The van der Waals surface area contributed by atoms with Crippen LogP contribution < -0.4 is 10.7 Å². The van der Waals surface area contributed by atoms with Gasteiger partial charge in [0.1, 0.15) is 6.04 Å². The van der Waals surface area contributed by atoms with Gasteiger partial charge in [0.25, 0.3) is 6.08 Å². The molecule has 6 heteroatoms. The number of hydrogen-bond acceptors (Lipinski definition) is 5. The molecule has 0 unspecified atom stereocenters. The minimum atomic E-state index is -0.524. The van der Waals surface area contributed by atoms with E-state index < -0.39 is 6.04 Å². The summed E-state index contributed by atoms with van der Waals surface area (Å²) in [6.07, 6.45) is 2.12. The maximum absolute atomic E-state index is 11.4. The van der Waals surface area contributed by atoms with Gasteiger partial charge >= 0.3 is 0 Å². The zero-order valence-electron chi connectivity index (χ0n) is 8.90. The fourth-order valence-corrected chi connectivity index (χ4v) is 1.80. The molecule has 0 aliphatic carbocycles. The molecule has 2 N–H and O–H groups in total. The smallest absolute Gasteiger partial charge is 0.258 e. The lowest BCUT2D eigenvalue weighted by atomic mass is 10.2. The normalized spacial score (nSPS) is 11.3. The van der Waals surface area contributed by atoms with Crippen LogP contribution in [0.2, 0.25) is 0 Å². The number of carbonyl (C=O) groups excluding carboxylic acids is 2. The molecule has 1 aromatic rings. The number of isocyanates is 1. The van der Waals surface area contributed by atoms with Crippen LogP contribution in [-0.4, -0.2) is 24.6 Å². The third-order valence-corrected chi connectivity index (χ3v) is 2.72. The molecule has 5 nitrogen and oxygen atoms in total. The molecule has 0 saturated carbocycles. The highest BCUT2D eigenvalue weighted by Crippen LogP contribution is 2.05. The van der Waals surface area contributed by atoms with Gasteiger partial charge in [-0.05, 0) is 35.7 Å². The van der Waals surface area contributed by atoms with Crippen molar-refractivity contribution < 1.29 is 9.59 Å². The molecule has 16 heavy (non-hydrogen) atoms. The van der Waals surface area contributed by atoms with Crippen molar-refractivity contribution in [1.82, 2.24) is 10.7 Å². The van der Waals surface area contributed by atoms with Gasteiger partial charge in [-0.25, -0.2) is 4.79 Å². The maximum atomic E-state index is 11.4. The molecule has 1 atom stereocenters. The fourth-order valence-electron chi connectivity index (χ4n) is 1.10. The Morgan fingerprint density at radius 1 is 1.69 bits per heavy atom. The Hall–Kier alpha value is -1.65. The summed E-state index contributed by atoms with van der Waals surface area (Å²) in [6, 6.07) is 1.50. The van der Waals surface area contributed by atoms with E-state index in [0.717, 1.165) is 6.42 Å². The molecule has 0 radical (unpaired) electrons. The van der Waals surface area contributed by atoms with Gasteiger partial charge in [-0.2, -0.15) is 11.3 Å². The average molecular weight is 239 g/mol. The first-order valence-corrected chi connectivity index (χ1v) is 5.79. The Balaban J connectivity index is 2.21. The molecule has 0 fully saturated rings. The van der Waals surface area contributed by atoms with Gasteiger partial charge in [-0.15, -0.1) is 0 Å². The van der Waals surface area contributed by atoms with Crippen molar-refractivity contribution in [1.29, 1.82) is 0 Å². The molecule has 0 aromatic carbocycles. The third-order valence-electron chi connectivity index (χ3n) is 1.99. The monoisotopic (exact) mass is 239 g/mol. The van der Waals surface area contributed by atoms with E-state index in [1.807, 2.05) is 16.8 Å². The summed E-state index contributed by atoms with van der Waals surface area (Å²) in [4.78, 5) is 21.2. The van der Waals surface area contributed by atoms with Crippen molar-refractivity contribution in [2.24, 2.45) is 5.10 Å². The Labute approximate surface area is 97.5 Å². The van der Waals surface area contributed by atoms with Crippen molar-refractivity contribution in [2.75, 3.05) is 6.54 Å². The number of nitrogens with one attached hydrogen (secondary N) is 2. The lowest BCUT2D eigenvalue weighted by molar-refractivity contribution is -0.122. The Morgan fingerprint density at radius 3 is 3.12 bits per heavy atom. The highest BCUT2D eigenvalue weighted by Gasteiger charge is 2.10. The minimum Gasteiger partial charge on any atom is -0.354 e. The molecule has 1 amide bonds. The topological polar surface area (TPSA) is 70.6 Å². The quantitative estimate of drug-likeness (QED) is 0.434. The Kier molecular flexibility index (Phi) is 5.25. The van der Waals surface area contributed by atoms with Crippen molar-refractivity contribution >= 4 is 23.3 Å². The van der Waals surface area contributed by atoms with Gasteiger partial charge in [-0.1, -0.05) is 5.10 Å². The lowest BCUT2D eigenvalue weighted by Crippen LogP contribution is -2.40. The number of hydrazone groups is 1. The highest BCUT2D eigenvalue weighted by atomic mass is 32.1. The number of thiophene rings is 1. The van der Waals surface area contributed by atoms with E-state index in [4.69, 9.17) is 0 Å². The molecule has 0 bridgehead atoms. The Bertz CT molecular complexity index is 371. The third kappa shape index (κ3) is 4.25. The van der Waals surface area contributed by atoms with E-state index in [2.05, 4.69) is 15.8 Å². The molecule has 86 valence electrons. The maximum Gasteiger partial charge on any atom is 0.258 e. The summed E-state index contributed by atoms with van der Waals surface area (Å²) in [5.74, 6) is -0.186. The summed E-state index contributed by atoms with van der Waals surface area (Å²) in [5, 5.41) is 9.93. The van der Waals surface area contributed by atoms with Crippen LogP contribution in [-0.2, 0) is 16.0 Å². The van der Waals surface area contributed by atoms with Gasteiger partial charge in [-0.3, -0.25) is 10.2 Å². The van der Waals surface area contributed by atoms with E-state index in [0.29, 0.717) is 6.54 Å². The molecular formula is C10H13N3O2S. The zero-order valence-corrected chi connectivity index (χ0v) is 9.71. The first-order chi connectivity index (χ1) is 7.74. The number of nitrogens with zero attached hydrogens (tertiary/aromatic N) is 1. The molecule has 0 spiro atoms. The SMILES string of the molecule is C[C@H](NN=C=O)C(=O)NCCc1ccsc1. The number of rotatable bonds is 6. The standard InChI is InChI=1S/C10H13N3O2S/c1-8(13-12-7-14)10(15)11-4-2-9-3-5-16-6-9/h3,5-6,8,13H,2,4H2,1H3,(H,11,15)/t8-/m0/s1. The van der Waals surface area contributed by atoms with Crippen LogP contribution in [0.5, 0.6) is 0 Å². The van der Waals surface area contributed by atoms with E-state index >= 15 is 0 Å². The summed E-state index contributed by atoms with van der Waals surface area (Å²) >= 11 is 1.63. The summed E-state index contributed by atoms with van der Waals surface area (Å²) in [7, 11) is 0. The second-order valence-electron chi connectivity index (χ2n) is 3.23. The molecule has 0 aliphatic rings. The first-order valence-electron chi connectivity index (χ1n) is 4.85. The summed E-state index contributed by atoms with van der Waals surface area (Å²) in [6.45, 7) is 2.20. The molecule has 1 rings (SSSR count). The number of amides is 1. The van der Waals surface area contributed by atoms with E-state index in [1.165, 1.54) is 11.6 Å². The van der Waals surface area contributed by atoms with Gasteiger partial charge in [0, 0.05) is 6.54 Å². The fraction of sp³-hybridized carbons (Fsp3) is 0.400. The predicted octanol–water partition coefficient (Wildman–Crippen LogP) is 0.636. The van der Waals surface area contributed by atoms with Crippen molar-refractivity contribution in [2.45, 2.75) is 19.4 Å². The minimum absolute atomic E-state index is 0.186. The number of hydrogen-bond donors (Lipinski definition) is 2. The van der Waals surface area contributed by atoms with Crippen LogP contribution in [0.1, 0.15) is 12.5 Å².